The zero-order chi connectivity index (χ0) is 20.4. The van der Waals surface area contributed by atoms with E-state index in [1.165, 1.54) is 0 Å². The molecule has 0 spiro atoms. The van der Waals surface area contributed by atoms with Crippen molar-refractivity contribution in [3.05, 3.63) is 101 Å². The van der Waals surface area contributed by atoms with E-state index in [9.17, 15) is 8.42 Å². The maximum atomic E-state index is 13.1. The number of nitrogens with one attached hydrogen (secondary N) is 2. The second kappa shape index (κ2) is 7.89. The first-order chi connectivity index (χ1) is 14.0. The Labute approximate surface area is 171 Å². The molecule has 0 saturated carbocycles. The Morgan fingerprint density at radius 1 is 1.07 bits per heavy atom. The van der Waals surface area contributed by atoms with E-state index in [1.54, 1.807) is 31.4 Å². The molecule has 0 aliphatic heterocycles. The number of methoxy groups -OCH3 is 1. The lowest BCUT2D eigenvalue weighted by molar-refractivity contribution is 0.280. The Balaban J connectivity index is 1.71. The molecular weight excluding hydrogens is 384 g/mol. The van der Waals surface area contributed by atoms with E-state index in [0.29, 0.717) is 6.42 Å². The van der Waals surface area contributed by atoms with Gasteiger partial charge in [-0.15, -0.1) is 0 Å². The van der Waals surface area contributed by atoms with Gasteiger partial charge in [-0.3, -0.25) is 0 Å². The molecule has 2 aromatic carbocycles. The number of hydrogen-bond donors (Lipinski definition) is 2. The highest BCUT2D eigenvalue weighted by Gasteiger charge is 2.26. The molecule has 0 amide bonds. The van der Waals surface area contributed by atoms with Gasteiger partial charge in [0.2, 0.25) is 10.0 Å². The molecule has 0 fully saturated rings. The molecule has 1 heterocycles. The fourth-order valence-electron chi connectivity index (χ4n) is 3.59. The lowest BCUT2D eigenvalue weighted by atomic mass is 10.0. The minimum Gasteiger partial charge on any atom is -0.501 e. The second-order valence-electron chi connectivity index (χ2n) is 7.26. The molecule has 5 nitrogen and oxygen atoms in total. The fraction of sp³-hybridized carbons (Fsp3) is 0.217. The number of hydrogen-bond acceptors (Lipinski definition) is 3. The standard InChI is InChI=1S/C23H24N2O3S/c1-16-8-11-20(12-9-16)29(26,27)25-23(17-6-4-3-5-7-17)22-15-18-14-19(28-2)10-13-21(18)24-22/h3-12,15,23-25H,13-14H2,1-2H3. The van der Waals surface area contributed by atoms with E-state index in [4.69, 9.17) is 4.74 Å². The van der Waals surface area contributed by atoms with Crippen molar-refractivity contribution in [3.8, 4) is 0 Å². The highest BCUT2D eigenvalue weighted by Crippen LogP contribution is 2.29. The number of benzene rings is 2. The number of aromatic amines is 1. The van der Waals surface area contributed by atoms with E-state index in [-0.39, 0.29) is 4.90 Å². The highest BCUT2D eigenvalue weighted by molar-refractivity contribution is 7.89. The second-order valence-corrected chi connectivity index (χ2v) is 8.98. The van der Waals surface area contributed by atoms with Gasteiger partial charge in [-0.2, -0.15) is 4.72 Å². The predicted octanol–water partition coefficient (Wildman–Crippen LogP) is 4.02. The first kappa shape index (κ1) is 19.5. The van der Waals surface area contributed by atoms with Crippen molar-refractivity contribution in [2.45, 2.75) is 30.7 Å². The van der Waals surface area contributed by atoms with Crippen molar-refractivity contribution in [1.29, 1.82) is 0 Å². The average molecular weight is 409 g/mol. The first-order valence-corrected chi connectivity index (χ1v) is 11.0. The predicted molar refractivity (Wildman–Crippen MR) is 113 cm³/mol. The van der Waals surface area contributed by atoms with Gasteiger partial charge in [0.25, 0.3) is 0 Å². The van der Waals surface area contributed by atoms with E-state index in [2.05, 4.69) is 15.8 Å². The number of fused-ring (bicyclic) bond motifs is 1. The quantitative estimate of drug-likeness (QED) is 0.647. The van der Waals surface area contributed by atoms with Crippen LogP contribution in [0, 0.1) is 6.92 Å². The molecular formula is C23H24N2O3S. The van der Waals surface area contributed by atoms with Crippen molar-refractivity contribution in [1.82, 2.24) is 9.71 Å². The molecule has 0 bridgehead atoms. The largest absolute Gasteiger partial charge is 0.501 e. The van der Waals surface area contributed by atoms with Gasteiger partial charge < -0.3 is 9.72 Å². The summed E-state index contributed by atoms with van der Waals surface area (Å²) in [5.74, 6) is 0.930. The molecule has 1 unspecified atom stereocenters. The molecule has 4 rings (SSSR count). The lowest BCUT2D eigenvalue weighted by Crippen LogP contribution is -2.29. The molecule has 150 valence electrons. The minimum atomic E-state index is -3.70. The smallest absolute Gasteiger partial charge is 0.241 e. The van der Waals surface area contributed by atoms with Crippen LogP contribution in [0.3, 0.4) is 0 Å². The molecule has 1 atom stereocenters. The molecule has 0 radical (unpaired) electrons. The van der Waals surface area contributed by atoms with Crippen LogP contribution < -0.4 is 4.72 Å². The van der Waals surface area contributed by atoms with Crippen molar-refractivity contribution in [2.75, 3.05) is 7.11 Å². The van der Waals surface area contributed by atoms with Crippen LogP contribution in [0.2, 0.25) is 0 Å². The summed E-state index contributed by atoms with van der Waals surface area (Å²) in [4.78, 5) is 3.69. The Morgan fingerprint density at radius 3 is 2.48 bits per heavy atom. The number of aryl methyl sites for hydroxylation is 1. The van der Waals surface area contributed by atoms with Crippen LogP contribution in [0.15, 0.2) is 77.4 Å². The molecule has 2 N–H and O–H groups in total. The molecule has 3 aromatic rings. The third kappa shape index (κ3) is 4.13. The van der Waals surface area contributed by atoms with E-state index < -0.39 is 16.1 Å². The van der Waals surface area contributed by atoms with Gasteiger partial charge in [0.1, 0.15) is 0 Å². The van der Waals surface area contributed by atoms with Crippen molar-refractivity contribution in [2.24, 2.45) is 0 Å². The Hall–Kier alpha value is -2.83. The number of rotatable bonds is 6. The summed E-state index contributed by atoms with van der Waals surface area (Å²) in [7, 11) is -2.02. The molecule has 0 saturated heterocycles. The molecule has 6 heteroatoms. The summed E-state index contributed by atoms with van der Waals surface area (Å²) in [5.41, 5.74) is 4.94. The molecule has 1 aliphatic carbocycles. The van der Waals surface area contributed by atoms with Crippen LogP contribution in [0.4, 0.5) is 0 Å². The van der Waals surface area contributed by atoms with E-state index in [0.717, 1.165) is 40.3 Å². The van der Waals surface area contributed by atoms with Crippen molar-refractivity contribution < 1.29 is 13.2 Å². The molecule has 1 aliphatic rings. The topological polar surface area (TPSA) is 71.2 Å². The van der Waals surface area contributed by atoms with Gasteiger partial charge in [0.05, 0.1) is 23.8 Å². The third-order valence-corrected chi connectivity index (χ3v) is 6.66. The number of allylic oxidation sites excluding steroid dienone is 2. The van der Waals surface area contributed by atoms with Crippen molar-refractivity contribution in [3.63, 3.8) is 0 Å². The molecule has 1 aromatic heterocycles. The Morgan fingerprint density at radius 2 is 1.79 bits per heavy atom. The first-order valence-electron chi connectivity index (χ1n) is 9.54. The van der Waals surface area contributed by atoms with E-state index in [1.807, 2.05) is 43.3 Å². The van der Waals surface area contributed by atoms with Crippen LogP contribution in [-0.2, 0) is 27.6 Å². The normalized spacial score (nSPS) is 14.8. The van der Waals surface area contributed by atoms with Crippen molar-refractivity contribution >= 4 is 10.0 Å². The van der Waals surface area contributed by atoms with E-state index >= 15 is 0 Å². The lowest BCUT2D eigenvalue weighted by Gasteiger charge is -2.18. The van der Waals surface area contributed by atoms with Gasteiger partial charge in [-0.1, -0.05) is 48.0 Å². The molecule has 29 heavy (non-hydrogen) atoms. The van der Waals surface area contributed by atoms with Crippen LogP contribution >= 0.6 is 0 Å². The van der Waals surface area contributed by atoms with Crippen LogP contribution in [0.25, 0.3) is 0 Å². The van der Waals surface area contributed by atoms with Gasteiger partial charge in [0.15, 0.2) is 0 Å². The van der Waals surface area contributed by atoms with Gasteiger partial charge in [0, 0.05) is 24.2 Å². The fourth-order valence-corrected chi connectivity index (χ4v) is 4.79. The summed E-state index contributed by atoms with van der Waals surface area (Å²) in [6.07, 6.45) is 3.50. The number of H-pyrrole nitrogens is 1. The maximum absolute atomic E-state index is 13.1. The Kier molecular flexibility index (Phi) is 5.30. The summed E-state index contributed by atoms with van der Waals surface area (Å²) >= 11 is 0. The summed E-state index contributed by atoms with van der Waals surface area (Å²) in [6.45, 7) is 1.93. The van der Waals surface area contributed by atoms with Crippen LogP contribution in [-0.4, -0.2) is 20.5 Å². The highest BCUT2D eigenvalue weighted by atomic mass is 32.2. The zero-order valence-corrected chi connectivity index (χ0v) is 17.3. The summed E-state index contributed by atoms with van der Waals surface area (Å²) in [5, 5.41) is 0. The summed E-state index contributed by atoms with van der Waals surface area (Å²) in [6, 6.07) is 18.0. The van der Waals surface area contributed by atoms with Crippen LogP contribution in [0.1, 0.15) is 34.1 Å². The summed E-state index contributed by atoms with van der Waals surface area (Å²) < 4.78 is 34.4. The van der Waals surface area contributed by atoms with Gasteiger partial charge in [-0.05, 0) is 42.3 Å². The Bertz CT molecular complexity index is 1130. The maximum Gasteiger partial charge on any atom is 0.241 e. The number of aromatic nitrogens is 1. The zero-order valence-electron chi connectivity index (χ0n) is 16.5. The minimum absolute atomic E-state index is 0.253. The SMILES string of the molecule is COC1=CCc2[nH]c(C(NS(=O)(=O)c3ccc(C)cc3)c3ccccc3)cc2C1. The number of sulfonamides is 1. The van der Waals surface area contributed by atoms with Gasteiger partial charge >= 0.3 is 0 Å². The van der Waals surface area contributed by atoms with Gasteiger partial charge in [-0.25, -0.2) is 8.42 Å². The van der Waals surface area contributed by atoms with Crippen LogP contribution in [0.5, 0.6) is 0 Å². The average Bonchev–Trinajstić information content (AvgIpc) is 3.16. The number of ether oxygens (including phenoxy) is 1. The third-order valence-electron chi connectivity index (χ3n) is 5.22. The monoisotopic (exact) mass is 408 g/mol.